The van der Waals surface area contributed by atoms with Gasteiger partial charge < -0.3 is 16.5 Å². The highest BCUT2D eigenvalue weighted by Gasteiger charge is 2.21. The van der Waals surface area contributed by atoms with Crippen molar-refractivity contribution < 1.29 is 4.39 Å². The molecular formula is C25H21FN6O. The standard InChI is InChI=1S/C25H21FN6O/c1-13-7-15(8-17-21(12-29)31-32-25(33)22(13)17)18(10-27)24(30-2)23-19(11-28)16-6-4-3-5-14(16)9-20(23)26/h3-10,27,30H,12,29H2,1-2H3,(H,32,33)/b24-18+,27-10?. The van der Waals surface area contributed by atoms with Gasteiger partial charge in [-0.3, -0.25) is 4.79 Å². The number of aromatic nitrogens is 2. The van der Waals surface area contributed by atoms with E-state index in [1.165, 1.54) is 6.07 Å². The Morgan fingerprint density at radius 2 is 2.06 bits per heavy atom. The highest BCUT2D eigenvalue weighted by Crippen LogP contribution is 2.33. The van der Waals surface area contributed by atoms with Crippen LogP contribution in [0.3, 0.4) is 0 Å². The Kier molecular flexibility index (Phi) is 5.73. The van der Waals surface area contributed by atoms with Gasteiger partial charge in [0.25, 0.3) is 5.56 Å². The molecule has 1 aromatic heterocycles. The number of halogens is 1. The highest BCUT2D eigenvalue weighted by molar-refractivity contribution is 6.19. The van der Waals surface area contributed by atoms with E-state index in [4.69, 9.17) is 11.1 Å². The molecule has 0 fully saturated rings. The number of aryl methyl sites for hydroxylation is 1. The Morgan fingerprint density at radius 3 is 2.73 bits per heavy atom. The van der Waals surface area contributed by atoms with E-state index in [2.05, 4.69) is 21.6 Å². The molecule has 4 aromatic rings. The first kappa shape index (κ1) is 21.9. The minimum atomic E-state index is -0.577. The zero-order valence-electron chi connectivity index (χ0n) is 18.1. The maximum Gasteiger partial charge on any atom is 0.272 e. The number of nitrogens with one attached hydrogen (secondary N) is 3. The molecule has 0 unspecified atom stereocenters. The summed E-state index contributed by atoms with van der Waals surface area (Å²) in [5.41, 5.74) is 8.11. The van der Waals surface area contributed by atoms with Crippen LogP contribution >= 0.6 is 0 Å². The van der Waals surface area contributed by atoms with Crippen LogP contribution in [0.1, 0.15) is 27.9 Å². The zero-order chi connectivity index (χ0) is 23.7. The summed E-state index contributed by atoms with van der Waals surface area (Å²) in [7, 11) is 1.61. The number of benzene rings is 3. The van der Waals surface area contributed by atoms with E-state index < -0.39 is 5.82 Å². The van der Waals surface area contributed by atoms with E-state index in [1.807, 2.05) is 0 Å². The molecule has 0 atom stereocenters. The lowest BCUT2D eigenvalue weighted by atomic mass is 9.91. The predicted molar refractivity (Wildman–Crippen MR) is 128 cm³/mol. The number of aromatic amines is 1. The van der Waals surface area contributed by atoms with E-state index in [0.29, 0.717) is 43.9 Å². The maximum atomic E-state index is 15.3. The topological polar surface area (TPSA) is 131 Å². The van der Waals surface area contributed by atoms with Crippen LogP contribution in [0.4, 0.5) is 4.39 Å². The van der Waals surface area contributed by atoms with E-state index in [1.54, 1.807) is 50.4 Å². The van der Waals surface area contributed by atoms with Gasteiger partial charge in [0.1, 0.15) is 11.9 Å². The normalized spacial score (nSPS) is 11.8. The van der Waals surface area contributed by atoms with E-state index in [0.717, 1.165) is 6.21 Å². The largest absolute Gasteiger partial charge is 0.387 e. The van der Waals surface area contributed by atoms with Gasteiger partial charge in [-0.2, -0.15) is 10.4 Å². The van der Waals surface area contributed by atoms with Gasteiger partial charge in [-0.25, -0.2) is 9.49 Å². The number of hydrogen-bond acceptors (Lipinski definition) is 6. The Bertz CT molecular complexity index is 1560. The fraction of sp³-hybridized carbons (Fsp3) is 0.120. The molecule has 3 aromatic carbocycles. The van der Waals surface area contributed by atoms with Crippen molar-refractivity contribution in [3.8, 4) is 6.07 Å². The molecule has 1 heterocycles. The quantitative estimate of drug-likeness (QED) is 0.278. The summed E-state index contributed by atoms with van der Waals surface area (Å²) >= 11 is 0. The lowest BCUT2D eigenvalue weighted by Crippen LogP contribution is -2.15. The maximum absolute atomic E-state index is 15.3. The number of nitrogens with zero attached hydrogens (tertiary/aromatic N) is 2. The summed E-state index contributed by atoms with van der Waals surface area (Å²) < 4.78 is 15.3. The van der Waals surface area contributed by atoms with Crippen molar-refractivity contribution in [2.24, 2.45) is 5.73 Å². The van der Waals surface area contributed by atoms with Crippen LogP contribution in [0.2, 0.25) is 0 Å². The third kappa shape index (κ3) is 3.54. The molecule has 33 heavy (non-hydrogen) atoms. The number of nitriles is 1. The average molecular weight is 440 g/mol. The van der Waals surface area contributed by atoms with Crippen LogP contribution < -0.4 is 16.6 Å². The van der Waals surface area contributed by atoms with Crippen LogP contribution in [0, 0.1) is 29.5 Å². The fourth-order valence-corrected chi connectivity index (χ4v) is 4.23. The second-order valence-electron chi connectivity index (χ2n) is 7.54. The molecule has 8 heteroatoms. The summed E-state index contributed by atoms with van der Waals surface area (Å²) in [6, 6.07) is 14.1. The zero-order valence-corrected chi connectivity index (χ0v) is 18.1. The minimum Gasteiger partial charge on any atom is -0.387 e. The number of hydrogen-bond donors (Lipinski definition) is 4. The van der Waals surface area contributed by atoms with Gasteiger partial charge in [0.05, 0.1) is 27.9 Å². The monoisotopic (exact) mass is 440 g/mol. The Labute approximate surface area is 188 Å². The molecule has 0 spiro atoms. The van der Waals surface area contributed by atoms with Crippen LogP contribution in [-0.4, -0.2) is 23.5 Å². The molecule has 7 nitrogen and oxygen atoms in total. The highest BCUT2D eigenvalue weighted by atomic mass is 19.1. The molecule has 0 bridgehead atoms. The molecule has 5 N–H and O–H groups in total. The summed E-state index contributed by atoms with van der Waals surface area (Å²) in [5.74, 6) is -0.577. The van der Waals surface area contributed by atoms with Gasteiger partial charge in [-0.1, -0.05) is 30.3 Å². The van der Waals surface area contributed by atoms with Crippen molar-refractivity contribution in [3.63, 3.8) is 0 Å². The van der Waals surface area contributed by atoms with Crippen LogP contribution in [0.5, 0.6) is 0 Å². The first-order valence-corrected chi connectivity index (χ1v) is 10.2. The van der Waals surface area contributed by atoms with Crippen LogP contribution in [0.25, 0.3) is 32.8 Å². The first-order chi connectivity index (χ1) is 15.9. The lowest BCUT2D eigenvalue weighted by Gasteiger charge is -2.17. The molecule has 164 valence electrons. The third-order valence-electron chi connectivity index (χ3n) is 5.70. The van der Waals surface area contributed by atoms with Gasteiger partial charge in [0, 0.05) is 36.2 Å². The molecule has 0 amide bonds. The number of fused-ring (bicyclic) bond motifs is 2. The van der Waals surface area contributed by atoms with Crippen molar-refractivity contribution in [1.29, 1.82) is 10.7 Å². The Balaban J connectivity index is 2.10. The van der Waals surface area contributed by atoms with Gasteiger partial charge in [0.15, 0.2) is 0 Å². The summed E-state index contributed by atoms with van der Waals surface area (Å²) in [6.07, 6.45) is 1.10. The van der Waals surface area contributed by atoms with Crippen molar-refractivity contribution in [2.75, 3.05) is 7.05 Å². The third-order valence-corrected chi connectivity index (χ3v) is 5.70. The molecular weight excluding hydrogens is 419 g/mol. The number of allylic oxidation sites excluding steroid dienone is 1. The molecule has 0 saturated heterocycles. The van der Waals surface area contributed by atoms with Crippen molar-refractivity contribution in [2.45, 2.75) is 13.5 Å². The van der Waals surface area contributed by atoms with Gasteiger partial charge >= 0.3 is 0 Å². The van der Waals surface area contributed by atoms with E-state index in [9.17, 15) is 10.1 Å². The number of H-pyrrole nitrogens is 1. The molecule has 0 radical (unpaired) electrons. The second kappa shape index (κ2) is 8.65. The van der Waals surface area contributed by atoms with Gasteiger partial charge in [-0.15, -0.1) is 0 Å². The van der Waals surface area contributed by atoms with Gasteiger partial charge in [0.2, 0.25) is 0 Å². The molecule has 0 aliphatic carbocycles. The van der Waals surface area contributed by atoms with Gasteiger partial charge in [-0.05, 0) is 35.6 Å². The minimum absolute atomic E-state index is 0.0815. The Morgan fingerprint density at radius 1 is 1.30 bits per heavy atom. The summed E-state index contributed by atoms with van der Waals surface area (Å²) in [4.78, 5) is 12.4. The number of rotatable bonds is 5. The van der Waals surface area contributed by atoms with Crippen molar-refractivity contribution in [1.82, 2.24) is 15.5 Å². The second-order valence-corrected chi connectivity index (χ2v) is 7.54. The first-order valence-electron chi connectivity index (χ1n) is 10.2. The molecule has 4 rings (SSSR count). The van der Waals surface area contributed by atoms with Crippen LogP contribution in [0.15, 0.2) is 47.3 Å². The Hall–Kier alpha value is -4.35. The lowest BCUT2D eigenvalue weighted by molar-refractivity contribution is 0.624. The summed E-state index contributed by atoms with van der Waals surface area (Å²) in [6.45, 7) is 1.88. The summed E-state index contributed by atoms with van der Waals surface area (Å²) in [5, 5.41) is 29.8. The molecule has 0 aliphatic heterocycles. The predicted octanol–water partition coefficient (Wildman–Crippen LogP) is 3.59. The number of nitrogens with two attached hydrogens (primary N) is 1. The fourth-order valence-electron chi connectivity index (χ4n) is 4.23. The van der Waals surface area contributed by atoms with Crippen molar-refractivity contribution in [3.05, 3.63) is 86.6 Å². The average Bonchev–Trinajstić information content (AvgIpc) is 2.81. The van der Waals surface area contributed by atoms with E-state index >= 15 is 4.39 Å². The smallest absolute Gasteiger partial charge is 0.272 e. The SMILES string of the molecule is CN/C(=C(\C=N)c1cc(C)c2c(=O)[nH]nc(CN)c2c1)c1c(F)cc2ccccc2c1C#N. The molecule has 0 saturated carbocycles. The van der Waals surface area contributed by atoms with E-state index in [-0.39, 0.29) is 28.9 Å². The molecule has 0 aliphatic rings. The van der Waals surface area contributed by atoms with Crippen LogP contribution in [-0.2, 0) is 6.54 Å². The van der Waals surface area contributed by atoms with Crippen molar-refractivity contribution >= 4 is 39.0 Å².